The number of methoxy groups -OCH3 is 1. The average Bonchev–Trinajstić information content (AvgIpc) is 3.23. The van der Waals surface area contributed by atoms with Gasteiger partial charge in [0.05, 0.1) is 37.7 Å². The number of hydrogen-bond acceptors (Lipinski definition) is 6. The normalized spacial score (nSPS) is 28.9. The second-order valence-corrected chi connectivity index (χ2v) is 8.50. The molecule has 5 rings (SSSR count). The predicted molar refractivity (Wildman–Crippen MR) is 112 cm³/mol. The Kier molecular flexibility index (Phi) is 5.52. The van der Waals surface area contributed by atoms with E-state index >= 15 is 0 Å². The highest BCUT2D eigenvalue weighted by atomic mass is 16.5. The number of fused-ring (bicyclic) bond motifs is 2. The van der Waals surface area contributed by atoms with Gasteiger partial charge in [0.15, 0.2) is 5.76 Å². The Bertz CT molecular complexity index is 888. The summed E-state index contributed by atoms with van der Waals surface area (Å²) in [6, 6.07) is 10.4. The van der Waals surface area contributed by atoms with Gasteiger partial charge >= 0.3 is 0 Å². The molecule has 0 saturated carbocycles. The van der Waals surface area contributed by atoms with Crippen LogP contribution in [0.4, 0.5) is 0 Å². The smallest absolute Gasteiger partial charge is 0.258 e. The molecule has 160 valence electrons. The van der Waals surface area contributed by atoms with Gasteiger partial charge in [-0.3, -0.25) is 4.90 Å². The summed E-state index contributed by atoms with van der Waals surface area (Å²) in [6.45, 7) is 6.09. The summed E-state index contributed by atoms with van der Waals surface area (Å²) < 4.78 is 23.7. The highest BCUT2D eigenvalue weighted by Gasteiger charge is 2.50. The lowest BCUT2D eigenvalue weighted by atomic mass is 9.64. The van der Waals surface area contributed by atoms with Crippen LogP contribution in [0.3, 0.4) is 0 Å². The largest absolute Gasteiger partial charge is 0.501 e. The van der Waals surface area contributed by atoms with Crippen molar-refractivity contribution >= 4 is 0 Å². The molecule has 1 fully saturated rings. The van der Waals surface area contributed by atoms with Crippen molar-refractivity contribution in [3.63, 3.8) is 0 Å². The van der Waals surface area contributed by atoms with Crippen LogP contribution in [0.15, 0.2) is 46.7 Å². The number of nitrogens with zero attached hydrogens (tertiary/aromatic N) is 2. The first kappa shape index (κ1) is 19.6. The lowest BCUT2D eigenvalue weighted by Crippen LogP contribution is -2.47. The number of benzene rings is 1. The van der Waals surface area contributed by atoms with Gasteiger partial charge in [0.2, 0.25) is 0 Å². The molecule has 0 spiro atoms. The molecule has 30 heavy (non-hydrogen) atoms. The fraction of sp³-hybridized carbons (Fsp3) is 0.542. The van der Waals surface area contributed by atoms with Crippen molar-refractivity contribution in [2.75, 3.05) is 33.4 Å². The Morgan fingerprint density at radius 3 is 2.73 bits per heavy atom. The average molecular weight is 411 g/mol. The summed E-state index contributed by atoms with van der Waals surface area (Å²) in [6.07, 6.45) is 4.43. The van der Waals surface area contributed by atoms with Crippen molar-refractivity contribution in [2.45, 2.75) is 38.3 Å². The van der Waals surface area contributed by atoms with Crippen LogP contribution in [0, 0.1) is 11.8 Å². The molecule has 3 unspecified atom stereocenters. The Morgan fingerprint density at radius 1 is 1.17 bits per heavy atom. The van der Waals surface area contributed by atoms with E-state index in [0.717, 1.165) is 61.8 Å². The Labute approximate surface area is 177 Å². The van der Waals surface area contributed by atoms with Crippen molar-refractivity contribution in [1.29, 1.82) is 0 Å². The molecule has 0 amide bonds. The quantitative estimate of drug-likeness (QED) is 0.733. The maximum Gasteiger partial charge on any atom is 0.258 e. The zero-order chi connectivity index (χ0) is 20.5. The summed E-state index contributed by atoms with van der Waals surface area (Å²) in [5.41, 5.74) is 2.23. The summed E-state index contributed by atoms with van der Waals surface area (Å²) in [7, 11) is 1.79. The molecule has 0 N–H and O–H groups in total. The van der Waals surface area contributed by atoms with Crippen molar-refractivity contribution in [1.82, 2.24) is 10.1 Å². The molecule has 6 heteroatoms. The molecule has 1 aromatic carbocycles. The lowest BCUT2D eigenvalue weighted by molar-refractivity contribution is -0.0270. The topological polar surface area (TPSA) is 57.0 Å². The van der Waals surface area contributed by atoms with E-state index in [2.05, 4.69) is 35.2 Å². The van der Waals surface area contributed by atoms with Crippen molar-refractivity contribution in [2.24, 2.45) is 11.8 Å². The third kappa shape index (κ3) is 3.42. The van der Waals surface area contributed by atoms with E-state index < -0.39 is 0 Å². The zero-order valence-electron chi connectivity index (χ0n) is 17.8. The first-order valence-corrected chi connectivity index (χ1v) is 11.0. The molecule has 6 nitrogen and oxygen atoms in total. The number of rotatable bonds is 5. The number of allylic oxidation sites excluding steroid dienone is 2. The Morgan fingerprint density at radius 2 is 1.97 bits per heavy atom. The predicted octanol–water partition coefficient (Wildman–Crippen LogP) is 4.30. The van der Waals surface area contributed by atoms with E-state index in [1.165, 1.54) is 0 Å². The van der Waals surface area contributed by atoms with Crippen LogP contribution >= 0.6 is 0 Å². The molecule has 4 atom stereocenters. The van der Waals surface area contributed by atoms with Crippen molar-refractivity contribution in [3.05, 3.63) is 59.1 Å². The van der Waals surface area contributed by atoms with E-state index in [4.69, 9.17) is 18.7 Å². The Balaban J connectivity index is 1.51. The summed E-state index contributed by atoms with van der Waals surface area (Å²) >= 11 is 0. The molecular formula is C24H30N2O4. The first-order valence-electron chi connectivity index (χ1n) is 11.0. The third-order valence-electron chi connectivity index (χ3n) is 6.92. The second-order valence-electron chi connectivity index (χ2n) is 8.50. The summed E-state index contributed by atoms with van der Waals surface area (Å²) in [5.74, 6) is 3.68. The number of ether oxygens (including phenoxy) is 3. The van der Waals surface area contributed by atoms with Crippen LogP contribution in [0.25, 0.3) is 0 Å². The zero-order valence-corrected chi connectivity index (χ0v) is 17.8. The van der Waals surface area contributed by atoms with Gasteiger partial charge in [-0.25, -0.2) is 0 Å². The molecule has 2 aliphatic carbocycles. The minimum atomic E-state index is 0.186. The van der Waals surface area contributed by atoms with Gasteiger partial charge in [-0.2, -0.15) is 0 Å². The number of hydrogen-bond donors (Lipinski definition) is 0. The van der Waals surface area contributed by atoms with Gasteiger partial charge in [-0.1, -0.05) is 37.3 Å². The van der Waals surface area contributed by atoms with Crippen LogP contribution in [0.2, 0.25) is 0 Å². The standard InChI is InChI=1S/C24H30N2O4/c1-16-20-18(9-6-10-19(20)27-2)22(26-11-13-28-14-12-26)23-21(16)24(25-30-23)29-15-17-7-4-3-5-8-17/h3-5,7-8,10,16,18,20,22H,6,9,11-15H2,1-2H3/t16?,18?,20?,22-/m0/s1. The van der Waals surface area contributed by atoms with Crippen molar-refractivity contribution < 1.29 is 18.7 Å². The molecule has 3 aliphatic rings. The molecule has 1 saturated heterocycles. The van der Waals surface area contributed by atoms with E-state index in [1.807, 2.05) is 18.2 Å². The van der Waals surface area contributed by atoms with Gasteiger partial charge in [0.1, 0.15) is 6.61 Å². The first-order chi connectivity index (χ1) is 14.8. The van der Waals surface area contributed by atoms with Crippen molar-refractivity contribution in [3.8, 4) is 5.88 Å². The minimum absolute atomic E-state index is 0.186. The molecule has 2 heterocycles. The summed E-state index contributed by atoms with van der Waals surface area (Å²) in [4.78, 5) is 2.51. The lowest BCUT2D eigenvalue weighted by Gasteiger charge is -2.47. The highest BCUT2D eigenvalue weighted by molar-refractivity contribution is 5.40. The maximum absolute atomic E-state index is 6.18. The van der Waals surface area contributed by atoms with Gasteiger partial charge in [0.25, 0.3) is 5.88 Å². The van der Waals surface area contributed by atoms with Crippen LogP contribution in [-0.4, -0.2) is 43.5 Å². The monoisotopic (exact) mass is 410 g/mol. The van der Waals surface area contributed by atoms with Crippen LogP contribution in [-0.2, 0) is 16.1 Å². The molecule has 1 aliphatic heterocycles. The number of morpholine rings is 1. The van der Waals surface area contributed by atoms with E-state index in [9.17, 15) is 0 Å². The van der Waals surface area contributed by atoms with E-state index in [1.54, 1.807) is 7.11 Å². The maximum atomic E-state index is 6.18. The van der Waals surface area contributed by atoms with Gasteiger partial charge < -0.3 is 18.7 Å². The highest BCUT2D eigenvalue weighted by Crippen LogP contribution is 2.56. The number of aromatic nitrogens is 1. The van der Waals surface area contributed by atoms with E-state index in [0.29, 0.717) is 24.3 Å². The molecule has 0 bridgehead atoms. The third-order valence-corrected chi connectivity index (χ3v) is 6.92. The van der Waals surface area contributed by atoms with Crippen LogP contribution in [0.1, 0.15) is 48.6 Å². The van der Waals surface area contributed by atoms with Gasteiger partial charge in [-0.15, -0.1) is 0 Å². The summed E-state index contributed by atoms with van der Waals surface area (Å²) in [5, 5.41) is 4.40. The molecule has 0 radical (unpaired) electrons. The fourth-order valence-electron chi connectivity index (χ4n) is 5.56. The fourth-order valence-corrected chi connectivity index (χ4v) is 5.56. The van der Waals surface area contributed by atoms with Gasteiger partial charge in [0, 0.05) is 24.9 Å². The minimum Gasteiger partial charge on any atom is -0.501 e. The van der Waals surface area contributed by atoms with Crippen LogP contribution < -0.4 is 4.74 Å². The van der Waals surface area contributed by atoms with Crippen LogP contribution in [0.5, 0.6) is 5.88 Å². The SMILES string of the molecule is COC1=CCCC2C1C(C)c1c(OCc3ccccc3)noc1[C@H]2N1CCOCC1. The Hall–Kier alpha value is -2.31. The molecular weight excluding hydrogens is 380 g/mol. The molecule has 1 aromatic heterocycles. The van der Waals surface area contributed by atoms with Gasteiger partial charge in [-0.05, 0) is 35.6 Å². The second kappa shape index (κ2) is 8.44. The van der Waals surface area contributed by atoms with E-state index in [-0.39, 0.29) is 12.0 Å². The molecule has 2 aromatic rings.